The van der Waals surface area contributed by atoms with Crippen LogP contribution in [0.1, 0.15) is 32.3 Å². The van der Waals surface area contributed by atoms with Crippen molar-refractivity contribution in [2.75, 3.05) is 0 Å². The van der Waals surface area contributed by atoms with Crippen LogP contribution in [0.4, 0.5) is 0 Å². The zero-order chi connectivity index (χ0) is 15.1. The number of hydrogen-bond donors (Lipinski definition) is 1. The summed E-state index contributed by atoms with van der Waals surface area (Å²) in [6.45, 7) is 7.93. The zero-order valence-corrected chi connectivity index (χ0v) is 13.2. The first-order valence-corrected chi connectivity index (χ1v) is 7.02. The summed E-state index contributed by atoms with van der Waals surface area (Å²) in [7, 11) is 1.84. The first-order valence-electron chi connectivity index (χ1n) is 6.48. The van der Waals surface area contributed by atoms with Gasteiger partial charge in [-0.25, -0.2) is 4.98 Å². The Morgan fingerprint density at radius 3 is 2.60 bits per heavy atom. The first kappa shape index (κ1) is 14.8. The molecule has 0 bridgehead atoms. The quantitative estimate of drug-likeness (QED) is 0.878. The van der Waals surface area contributed by atoms with Gasteiger partial charge in [0.15, 0.2) is 5.65 Å². The van der Waals surface area contributed by atoms with E-state index in [1.165, 1.54) is 0 Å². The van der Waals surface area contributed by atoms with Crippen LogP contribution in [-0.4, -0.2) is 30.8 Å². The highest BCUT2D eigenvalue weighted by atomic mass is 35.5. The third-order valence-electron chi connectivity index (χ3n) is 2.90. The van der Waals surface area contributed by atoms with Gasteiger partial charge in [0, 0.05) is 12.6 Å². The lowest BCUT2D eigenvalue weighted by Gasteiger charge is -2.21. The Morgan fingerprint density at radius 1 is 1.40 bits per heavy atom. The molecule has 0 aliphatic carbocycles. The summed E-state index contributed by atoms with van der Waals surface area (Å²) < 4.78 is 3.56. The van der Waals surface area contributed by atoms with Gasteiger partial charge in [-0.3, -0.25) is 9.48 Å². The van der Waals surface area contributed by atoms with E-state index < -0.39 is 0 Å². The molecular formula is C13H20ClN5O. The van der Waals surface area contributed by atoms with Crippen LogP contribution >= 0.6 is 11.6 Å². The lowest BCUT2D eigenvalue weighted by atomic mass is 10.1. The van der Waals surface area contributed by atoms with Gasteiger partial charge < -0.3 is 9.88 Å². The Kier molecular flexibility index (Phi) is 3.77. The number of imidazole rings is 1. The number of aryl methyl sites for hydroxylation is 2. The van der Waals surface area contributed by atoms with Crippen molar-refractivity contribution < 1.29 is 4.79 Å². The van der Waals surface area contributed by atoms with E-state index in [9.17, 15) is 4.79 Å². The Morgan fingerprint density at radius 2 is 2.05 bits per heavy atom. The number of hydrogen-bond acceptors (Lipinski definition) is 3. The Hall–Kier alpha value is -1.56. The third-order valence-corrected chi connectivity index (χ3v) is 3.14. The number of carbonyl (C=O) groups excluding carboxylic acids is 1. The number of aromatic nitrogens is 4. The molecule has 2 aromatic rings. The van der Waals surface area contributed by atoms with Gasteiger partial charge in [-0.2, -0.15) is 5.10 Å². The maximum atomic E-state index is 12.1. The molecule has 7 heteroatoms. The lowest BCUT2D eigenvalue weighted by Crippen LogP contribution is -2.42. The van der Waals surface area contributed by atoms with Crippen molar-refractivity contribution in [2.45, 2.75) is 45.7 Å². The van der Waals surface area contributed by atoms with Crippen LogP contribution < -0.4 is 5.32 Å². The van der Waals surface area contributed by atoms with E-state index in [-0.39, 0.29) is 23.9 Å². The molecule has 2 aromatic heterocycles. The molecule has 0 aliphatic heterocycles. The molecule has 2 heterocycles. The van der Waals surface area contributed by atoms with E-state index in [1.807, 2.05) is 39.3 Å². The second-order valence-corrected chi connectivity index (χ2v) is 6.19. The van der Waals surface area contributed by atoms with Gasteiger partial charge in [0.2, 0.25) is 5.91 Å². The van der Waals surface area contributed by atoms with Gasteiger partial charge in [0.25, 0.3) is 0 Å². The first-order chi connectivity index (χ1) is 9.23. The van der Waals surface area contributed by atoms with Crippen molar-refractivity contribution in [3.63, 3.8) is 0 Å². The molecule has 1 amide bonds. The van der Waals surface area contributed by atoms with Crippen LogP contribution in [0.5, 0.6) is 0 Å². The SMILES string of the molecule is Cc1nn(C)c2c1nc(CCl)n2CC(=O)NC(C)(C)C. The van der Waals surface area contributed by atoms with Crippen molar-refractivity contribution in [2.24, 2.45) is 7.05 Å². The largest absolute Gasteiger partial charge is 0.350 e. The van der Waals surface area contributed by atoms with Gasteiger partial charge in [0.1, 0.15) is 17.9 Å². The van der Waals surface area contributed by atoms with Crippen molar-refractivity contribution in [3.05, 3.63) is 11.5 Å². The Bertz CT molecular complexity index is 650. The van der Waals surface area contributed by atoms with Gasteiger partial charge in [-0.05, 0) is 27.7 Å². The second kappa shape index (κ2) is 5.09. The molecule has 6 nitrogen and oxygen atoms in total. The Labute approximate surface area is 123 Å². The minimum Gasteiger partial charge on any atom is -0.350 e. The van der Waals surface area contributed by atoms with Crippen LogP contribution in [0.25, 0.3) is 11.2 Å². The van der Waals surface area contributed by atoms with Crippen LogP contribution in [0.3, 0.4) is 0 Å². The number of nitrogens with one attached hydrogen (secondary N) is 1. The highest BCUT2D eigenvalue weighted by molar-refractivity contribution is 6.16. The van der Waals surface area contributed by atoms with Gasteiger partial charge in [0.05, 0.1) is 11.6 Å². The summed E-state index contributed by atoms with van der Waals surface area (Å²) in [5, 5.41) is 7.27. The normalized spacial score (nSPS) is 12.1. The molecule has 0 saturated carbocycles. The van der Waals surface area contributed by atoms with E-state index in [4.69, 9.17) is 11.6 Å². The van der Waals surface area contributed by atoms with Gasteiger partial charge >= 0.3 is 0 Å². The van der Waals surface area contributed by atoms with E-state index >= 15 is 0 Å². The van der Waals surface area contributed by atoms with E-state index in [2.05, 4.69) is 15.4 Å². The summed E-state index contributed by atoms with van der Waals surface area (Å²) in [5.74, 6) is 0.876. The van der Waals surface area contributed by atoms with E-state index in [1.54, 1.807) is 4.68 Å². The van der Waals surface area contributed by atoms with Crippen LogP contribution in [-0.2, 0) is 24.3 Å². The smallest absolute Gasteiger partial charge is 0.240 e. The molecule has 0 spiro atoms. The monoisotopic (exact) mass is 297 g/mol. The minimum atomic E-state index is -0.264. The molecule has 0 atom stereocenters. The lowest BCUT2D eigenvalue weighted by molar-refractivity contribution is -0.123. The summed E-state index contributed by atoms with van der Waals surface area (Å²) in [4.78, 5) is 16.6. The molecule has 0 aliphatic rings. The number of amides is 1. The second-order valence-electron chi connectivity index (χ2n) is 5.93. The van der Waals surface area contributed by atoms with Crippen molar-refractivity contribution in [1.82, 2.24) is 24.6 Å². The average Bonchev–Trinajstić information content (AvgIpc) is 2.76. The maximum Gasteiger partial charge on any atom is 0.240 e. The van der Waals surface area contributed by atoms with Crippen molar-refractivity contribution in [1.29, 1.82) is 0 Å². The topological polar surface area (TPSA) is 64.7 Å². The number of nitrogens with zero attached hydrogens (tertiary/aromatic N) is 4. The summed E-state index contributed by atoms with van der Waals surface area (Å²) >= 11 is 5.94. The van der Waals surface area contributed by atoms with Gasteiger partial charge in [-0.15, -0.1) is 11.6 Å². The predicted octanol–water partition coefficient (Wildman–Crippen LogP) is 1.73. The average molecular weight is 298 g/mol. The molecule has 1 N–H and O–H groups in total. The molecule has 20 heavy (non-hydrogen) atoms. The zero-order valence-electron chi connectivity index (χ0n) is 12.5. The standard InChI is InChI=1S/C13H20ClN5O/c1-8-11-12(18(5)17-8)19(9(6-14)15-11)7-10(20)16-13(2,3)4/h6-7H2,1-5H3,(H,16,20). The third kappa shape index (κ3) is 2.80. The Balaban J connectivity index is 2.40. The van der Waals surface area contributed by atoms with E-state index in [0.717, 1.165) is 16.9 Å². The molecule has 0 saturated heterocycles. The highest BCUT2D eigenvalue weighted by Gasteiger charge is 2.20. The molecule has 0 fully saturated rings. The van der Waals surface area contributed by atoms with Crippen LogP contribution in [0, 0.1) is 6.92 Å². The fraction of sp³-hybridized carbons (Fsp3) is 0.615. The summed E-state index contributed by atoms with van der Waals surface area (Å²) in [6.07, 6.45) is 0. The molecular weight excluding hydrogens is 278 g/mol. The van der Waals surface area contributed by atoms with Crippen molar-refractivity contribution in [3.8, 4) is 0 Å². The highest BCUT2D eigenvalue weighted by Crippen LogP contribution is 2.20. The minimum absolute atomic E-state index is 0.0676. The summed E-state index contributed by atoms with van der Waals surface area (Å²) in [6, 6.07) is 0. The number of alkyl halides is 1. The van der Waals surface area contributed by atoms with Crippen LogP contribution in [0.2, 0.25) is 0 Å². The van der Waals surface area contributed by atoms with Crippen molar-refractivity contribution >= 4 is 28.7 Å². The fourth-order valence-corrected chi connectivity index (χ4v) is 2.45. The maximum absolute atomic E-state index is 12.1. The van der Waals surface area contributed by atoms with Crippen LogP contribution in [0.15, 0.2) is 0 Å². The fourth-order valence-electron chi connectivity index (χ4n) is 2.25. The van der Waals surface area contributed by atoms with Gasteiger partial charge in [-0.1, -0.05) is 0 Å². The van der Waals surface area contributed by atoms with E-state index in [0.29, 0.717) is 5.82 Å². The molecule has 0 unspecified atom stereocenters. The number of halogens is 1. The predicted molar refractivity (Wildman–Crippen MR) is 78.7 cm³/mol. The number of rotatable bonds is 3. The molecule has 2 rings (SSSR count). The summed E-state index contributed by atoms with van der Waals surface area (Å²) in [5.41, 5.74) is 2.19. The molecule has 110 valence electrons. The molecule has 0 radical (unpaired) electrons. The number of carbonyl (C=O) groups is 1. The molecule has 0 aromatic carbocycles. The number of fused-ring (bicyclic) bond motifs is 1.